The lowest BCUT2D eigenvalue weighted by Crippen LogP contribution is -1.95. The van der Waals surface area contributed by atoms with Gasteiger partial charge >= 0.3 is 0 Å². The van der Waals surface area contributed by atoms with E-state index in [1.165, 1.54) is 5.56 Å². The predicted molar refractivity (Wildman–Crippen MR) is 84.8 cm³/mol. The Morgan fingerprint density at radius 2 is 1.62 bits per heavy atom. The van der Waals surface area contributed by atoms with Crippen LogP contribution in [0, 0.1) is 6.92 Å². The van der Waals surface area contributed by atoms with Crippen LogP contribution < -0.4 is 0 Å². The summed E-state index contributed by atoms with van der Waals surface area (Å²) in [5.74, 6) is 0. The zero-order valence-corrected chi connectivity index (χ0v) is 12.2. The van der Waals surface area contributed by atoms with Crippen molar-refractivity contribution in [3.05, 3.63) is 65.7 Å². The van der Waals surface area contributed by atoms with Crippen molar-refractivity contribution in [2.45, 2.75) is 20.0 Å². The number of rotatable bonds is 3. The molecule has 2 N–H and O–H groups in total. The van der Waals surface area contributed by atoms with E-state index in [1.807, 2.05) is 42.5 Å². The zero-order chi connectivity index (χ0) is 14.8. The van der Waals surface area contributed by atoms with Gasteiger partial charge in [-0.3, -0.25) is 5.10 Å². The molecule has 0 saturated heterocycles. The van der Waals surface area contributed by atoms with Gasteiger partial charge in [0, 0.05) is 11.1 Å². The van der Waals surface area contributed by atoms with Crippen molar-refractivity contribution in [1.29, 1.82) is 0 Å². The average molecular weight is 278 g/mol. The summed E-state index contributed by atoms with van der Waals surface area (Å²) < 4.78 is 0. The molecule has 3 nitrogen and oxygen atoms in total. The maximum atomic E-state index is 10.2. The molecule has 3 aromatic rings. The summed E-state index contributed by atoms with van der Waals surface area (Å²) >= 11 is 0. The summed E-state index contributed by atoms with van der Waals surface area (Å²) in [6.45, 7) is 3.83. The molecule has 0 saturated carbocycles. The van der Waals surface area contributed by atoms with Gasteiger partial charge in [0.05, 0.1) is 17.5 Å². The number of nitrogens with one attached hydrogen (secondary N) is 1. The Morgan fingerprint density at radius 3 is 2.24 bits per heavy atom. The third-order valence-electron chi connectivity index (χ3n) is 3.61. The van der Waals surface area contributed by atoms with Crippen LogP contribution in [-0.2, 0) is 0 Å². The standard InChI is InChI=1S/C18H18N2O/c1-12-8-10-15(11-9-12)18-16(13(2)21)17(19-20-18)14-6-4-3-5-7-14/h3-11,13,21H,1-2H3,(H,19,20). The lowest BCUT2D eigenvalue weighted by atomic mass is 9.98. The molecule has 0 radical (unpaired) electrons. The van der Waals surface area contributed by atoms with Crippen LogP contribution in [0.2, 0.25) is 0 Å². The number of aliphatic hydroxyl groups excluding tert-OH is 1. The van der Waals surface area contributed by atoms with Gasteiger partial charge in [-0.15, -0.1) is 0 Å². The molecule has 0 amide bonds. The second-order valence-corrected chi connectivity index (χ2v) is 5.27. The number of aliphatic hydroxyl groups is 1. The Kier molecular flexibility index (Phi) is 3.59. The van der Waals surface area contributed by atoms with Crippen LogP contribution in [0.3, 0.4) is 0 Å². The third kappa shape index (κ3) is 2.60. The molecule has 106 valence electrons. The number of benzene rings is 2. The van der Waals surface area contributed by atoms with Crippen molar-refractivity contribution >= 4 is 0 Å². The van der Waals surface area contributed by atoms with Gasteiger partial charge in [0.2, 0.25) is 0 Å². The molecule has 0 aliphatic carbocycles. The molecule has 21 heavy (non-hydrogen) atoms. The average Bonchev–Trinajstić information content (AvgIpc) is 2.94. The lowest BCUT2D eigenvalue weighted by Gasteiger charge is -2.09. The highest BCUT2D eigenvalue weighted by atomic mass is 16.3. The van der Waals surface area contributed by atoms with E-state index in [0.29, 0.717) is 0 Å². The van der Waals surface area contributed by atoms with Crippen LogP contribution in [0.15, 0.2) is 54.6 Å². The topological polar surface area (TPSA) is 48.9 Å². The van der Waals surface area contributed by atoms with E-state index in [1.54, 1.807) is 6.92 Å². The molecule has 1 unspecified atom stereocenters. The minimum Gasteiger partial charge on any atom is -0.389 e. The van der Waals surface area contributed by atoms with Gasteiger partial charge in [-0.05, 0) is 19.4 Å². The predicted octanol–water partition coefficient (Wildman–Crippen LogP) is 4.11. The monoisotopic (exact) mass is 278 g/mol. The molecule has 1 aromatic heterocycles. The van der Waals surface area contributed by atoms with E-state index in [2.05, 4.69) is 29.3 Å². The summed E-state index contributed by atoms with van der Waals surface area (Å²) in [4.78, 5) is 0. The maximum absolute atomic E-state index is 10.2. The van der Waals surface area contributed by atoms with Gasteiger partial charge in [-0.25, -0.2) is 0 Å². The van der Waals surface area contributed by atoms with E-state index in [0.717, 1.165) is 28.1 Å². The summed E-state index contributed by atoms with van der Waals surface area (Å²) in [5, 5.41) is 17.7. The van der Waals surface area contributed by atoms with E-state index in [-0.39, 0.29) is 0 Å². The number of aromatic nitrogens is 2. The number of H-pyrrole nitrogens is 1. The highest BCUT2D eigenvalue weighted by Gasteiger charge is 2.19. The molecule has 0 spiro atoms. The number of hydrogen-bond donors (Lipinski definition) is 2. The number of nitrogens with zero attached hydrogens (tertiary/aromatic N) is 1. The van der Waals surface area contributed by atoms with E-state index in [9.17, 15) is 5.11 Å². The Morgan fingerprint density at radius 1 is 0.952 bits per heavy atom. The molecule has 0 bridgehead atoms. The first kappa shape index (κ1) is 13.6. The highest BCUT2D eigenvalue weighted by molar-refractivity contribution is 5.74. The van der Waals surface area contributed by atoms with Gasteiger partial charge in [0.1, 0.15) is 0 Å². The molecule has 3 heteroatoms. The van der Waals surface area contributed by atoms with Crippen LogP contribution >= 0.6 is 0 Å². The maximum Gasteiger partial charge on any atom is 0.0985 e. The first-order valence-electron chi connectivity index (χ1n) is 7.05. The first-order valence-corrected chi connectivity index (χ1v) is 7.05. The third-order valence-corrected chi connectivity index (χ3v) is 3.61. The molecule has 2 aromatic carbocycles. The van der Waals surface area contributed by atoms with Gasteiger partial charge in [0.15, 0.2) is 0 Å². The van der Waals surface area contributed by atoms with Crippen molar-refractivity contribution < 1.29 is 5.11 Å². The van der Waals surface area contributed by atoms with Gasteiger partial charge < -0.3 is 5.11 Å². The second kappa shape index (κ2) is 5.54. The summed E-state index contributed by atoms with van der Waals surface area (Å²) in [6.07, 6.45) is -0.588. The smallest absolute Gasteiger partial charge is 0.0985 e. The Balaban J connectivity index is 2.15. The Bertz CT molecular complexity index is 728. The number of hydrogen-bond acceptors (Lipinski definition) is 2. The molecule has 0 aliphatic rings. The highest BCUT2D eigenvalue weighted by Crippen LogP contribution is 2.34. The fourth-order valence-electron chi connectivity index (χ4n) is 2.51. The largest absolute Gasteiger partial charge is 0.389 e. The minimum absolute atomic E-state index is 0.588. The number of aromatic amines is 1. The Labute approximate surface area is 124 Å². The van der Waals surface area contributed by atoms with Crippen molar-refractivity contribution in [2.75, 3.05) is 0 Å². The molecule has 0 fully saturated rings. The normalized spacial score (nSPS) is 12.3. The Hall–Kier alpha value is -2.39. The first-order chi connectivity index (χ1) is 10.2. The second-order valence-electron chi connectivity index (χ2n) is 5.27. The van der Waals surface area contributed by atoms with Crippen molar-refractivity contribution in [1.82, 2.24) is 10.2 Å². The minimum atomic E-state index is -0.588. The van der Waals surface area contributed by atoms with Crippen LogP contribution in [-0.4, -0.2) is 15.3 Å². The number of aryl methyl sites for hydroxylation is 1. The van der Waals surface area contributed by atoms with E-state index < -0.39 is 6.10 Å². The van der Waals surface area contributed by atoms with Crippen LogP contribution in [0.25, 0.3) is 22.5 Å². The molecule has 1 heterocycles. The van der Waals surface area contributed by atoms with E-state index in [4.69, 9.17) is 0 Å². The van der Waals surface area contributed by atoms with Crippen molar-refractivity contribution in [3.8, 4) is 22.5 Å². The van der Waals surface area contributed by atoms with Gasteiger partial charge in [-0.2, -0.15) is 5.10 Å². The van der Waals surface area contributed by atoms with Crippen LogP contribution in [0.4, 0.5) is 0 Å². The molecule has 0 aliphatic heterocycles. The van der Waals surface area contributed by atoms with Crippen molar-refractivity contribution in [2.24, 2.45) is 0 Å². The fourth-order valence-corrected chi connectivity index (χ4v) is 2.51. The van der Waals surface area contributed by atoms with Crippen LogP contribution in [0.5, 0.6) is 0 Å². The van der Waals surface area contributed by atoms with Crippen LogP contribution in [0.1, 0.15) is 24.2 Å². The SMILES string of the molecule is Cc1ccc(-c2[nH]nc(-c3ccccc3)c2C(C)O)cc1. The van der Waals surface area contributed by atoms with Gasteiger partial charge in [-0.1, -0.05) is 60.2 Å². The fraction of sp³-hybridized carbons (Fsp3) is 0.167. The lowest BCUT2D eigenvalue weighted by molar-refractivity contribution is 0.200. The zero-order valence-electron chi connectivity index (χ0n) is 12.2. The summed E-state index contributed by atoms with van der Waals surface area (Å²) in [7, 11) is 0. The molecular weight excluding hydrogens is 260 g/mol. The molecule has 1 atom stereocenters. The summed E-state index contributed by atoms with van der Waals surface area (Å²) in [6, 6.07) is 18.1. The molecular formula is C18H18N2O. The van der Waals surface area contributed by atoms with Crippen molar-refractivity contribution in [3.63, 3.8) is 0 Å². The quantitative estimate of drug-likeness (QED) is 0.757. The molecule has 3 rings (SSSR count). The summed E-state index contributed by atoms with van der Waals surface area (Å²) in [5.41, 5.74) is 5.77. The van der Waals surface area contributed by atoms with Gasteiger partial charge in [0.25, 0.3) is 0 Å². The van der Waals surface area contributed by atoms with E-state index >= 15 is 0 Å².